The van der Waals surface area contributed by atoms with Crippen LogP contribution in [0.15, 0.2) is 47.6 Å². The number of hydrogen-bond donors (Lipinski definition) is 2. The number of carbonyl (C=O) groups is 2. The Labute approximate surface area is 163 Å². The number of methoxy groups -OCH3 is 3. The summed E-state index contributed by atoms with van der Waals surface area (Å²) in [6.45, 7) is 1.57. The summed E-state index contributed by atoms with van der Waals surface area (Å²) in [4.78, 5) is 24.4. The second-order valence-corrected chi connectivity index (χ2v) is 5.77. The molecule has 2 N–H and O–H groups in total. The zero-order valence-corrected chi connectivity index (χ0v) is 16.2. The fraction of sp³-hybridized carbons (Fsp3) is 0.250. The van der Waals surface area contributed by atoms with E-state index in [1.165, 1.54) is 13.3 Å². The molecule has 0 spiro atoms. The molecule has 2 aromatic rings. The first kappa shape index (κ1) is 20.8. The van der Waals surface area contributed by atoms with Gasteiger partial charge in [0.15, 0.2) is 0 Å². The van der Waals surface area contributed by atoms with E-state index in [4.69, 9.17) is 14.2 Å². The Balaban J connectivity index is 1.94. The smallest absolute Gasteiger partial charge is 0.262 e. The minimum absolute atomic E-state index is 0.372. The zero-order chi connectivity index (χ0) is 20.5. The van der Waals surface area contributed by atoms with E-state index in [-0.39, 0.29) is 5.91 Å². The molecular weight excluding hydrogens is 362 g/mol. The van der Waals surface area contributed by atoms with Crippen molar-refractivity contribution in [3.63, 3.8) is 0 Å². The SMILES string of the molecule is COc1ccc(C(=O)NC(C)C(=O)NN=Cc2cc(OC)ccc2OC)cc1. The number of carbonyl (C=O) groups excluding carboxylic acids is 2. The molecule has 28 heavy (non-hydrogen) atoms. The molecule has 2 rings (SSSR count). The lowest BCUT2D eigenvalue weighted by molar-refractivity contribution is -0.122. The largest absolute Gasteiger partial charge is 0.497 e. The Morgan fingerprint density at radius 3 is 2.21 bits per heavy atom. The van der Waals surface area contributed by atoms with Gasteiger partial charge >= 0.3 is 0 Å². The Morgan fingerprint density at radius 1 is 0.964 bits per heavy atom. The first-order valence-electron chi connectivity index (χ1n) is 8.48. The summed E-state index contributed by atoms with van der Waals surface area (Å²) < 4.78 is 15.5. The van der Waals surface area contributed by atoms with Crippen LogP contribution in [0.4, 0.5) is 0 Å². The molecule has 1 atom stereocenters. The van der Waals surface area contributed by atoms with Crippen LogP contribution in [0.3, 0.4) is 0 Å². The molecule has 0 bridgehead atoms. The van der Waals surface area contributed by atoms with Crippen LogP contribution in [-0.4, -0.2) is 45.4 Å². The van der Waals surface area contributed by atoms with Gasteiger partial charge < -0.3 is 19.5 Å². The number of rotatable bonds is 8. The second-order valence-electron chi connectivity index (χ2n) is 5.77. The van der Waals surface area contributed by atoms with Crippen LogP contribution in [0.1, 0.15) is 22.8 Å². The lowest BCUT2D eigenvalue weighted by Gasteiger charge is -2.12. The summed E-state index contributed by atoms with van der Waals surface area (Å²) >= 11 is 0. The van der Waals surface area contributed by atoms with Crippen molar-refractivity contribution in [1.82, 2.24) is 10.7 Å². The van der Waals surface area contributed by atoms with Crippen molar-refractivity contribution in [3.8, 4) is 17.2 Å². The first-order valence-corrected chi connectivity index (χ1v) is 8.48. The molecule has 8 heteroatoms. The number of amides is 2. The molecule has 0 aromatic heterocycles. The van der Waals surface area contributed by atoms with Crippen LogP contribution in [0.2, 0.25) is 0 Å². The molecule has 0 radical (unpaired) electrons. The van der Waals surface area contributed by atoms with Gasteiger partial charge in [0.05, 0.1) is 27.5 Å². The van der Waals surface area contributed by atoms with E-state index in [9.17, 15) is 9.59 Å². The minimum atomic E-state index is -0.779. The predicted octanol–water partition coefficient (Wildman–Crippen LogP) is 1.98. The van der Waals surface area contributed by atoms with Crippen LogP contribution in [0, 0.1) is 0 Å². The maximum atomic E-state index is 12.2. The summed E-state index contributed by atoms with van der Waals surface area (Å²) in [5.41, 5.74) is 3.45. The molecule has 2 amide bonds. The molecular formula is C20H23N3O5. The van der Waals surface area contributed by atoms with Gasteiger partial charge in [0.1, 0.15) is 23.3 Å². The molecule has 1 unspecified atom stereocenters. The van der Waals surface area contributed by atoms with Crippen molar-refractivity contribution in [1.29, 1.82) is 0 Å². The van der Waals surface area contributed by atoms with E-state index >= 15 is 0 Å². The van der Waals surface area contributed by atoms with Gasteiger partial charge in [0.25, 0.3) is 11.8 Å². The summed E-state index contributed by atoms with van der Waals surface area (Å²) in [5.74, 6) is 1.03. The highest BCUT2D eigenvalue weighted by Gasteiger charge is 2.16. The van der Waals surface area contributed by atoms with E-state index in [0.717, 1.165) is 0 Å². The van der Waals surface area contributed by atoms with Crippen LogP contribution in [0.5, 0.6) is 17.2 Å². The van der Waals surface area contributed by atoms with E-state index in [2.05, 4.69) is 15.8 Å². The number of hydrazone groups is 1. The van der Waals surface area contributed by atoms with Gasteiger partial charge in [-0.1, -0.05) is 0 Å². The first-order chi connectivity index (χ1) is 13.5. The quantitative estimate of drug-likeness (QED) is 0.535. The third kappa shape index (κ3) is 5.47. The van der Waals surface area contributed by atoms with Crippen molar-refractivity contribution < 1.29 is 23.8 Å². The van der Waals surface area contributed by atoms with E-state index in [1.54, 1.807) is 63.6 Å². The molecule has 0 saturated heterocycles. The van der Waals surface area contributed by atoms with Crippen molar-refractivity contribution in [2.75, 3.05) is 21.3 Å². The third-order valence-electron chi connectivity index (χ3n) is 3.91. The zero-order valence-electron chi connectivity index (χ0n) is 16.2. The van der Waals surface area contributed by atoms with Gasteiger partial charge in [-0.3, -0.25) is 9.59 Å². The average molecular weight is 385 g/mol. The minimum Gasteiger partial charge on any atom is -0.497 e. The molecule has 0 aliphatic heterocycles. The van der Waals surface area contributed by atoms with Gasteiger partial charge in [-0.2, -0.15) is 5.10 Å². The number of nitrogens with zero attached hydrogens (tertiary/aromatic N) is 1. The standard InChI is InChI=1S/C20H23N3O5/c1-13(22-20(25)14-5-7-16(26-2)8-6-14)19(24)23-21-12-15-11-17(27-3)9-10-18(15)28-4/h5-13H,1-4H3,(H,22,25)(H,23,24). The van der Waals surface area contributed by atoms with E-state index in [1.807, 2.05) is 0 Å². The highest BCUT2D eigenvalue weighted by molar-refractivity contribution is 5.97. The fourth-order valence-corrected chi connectivity index (χ4v) is 2.29. The average Bonchev–Trinajstić information content (AvgIpc) is 2.73. The summed E-state index contributed by atoms with van der Waals surface area (Å²) in [7, 11) is 4.63. The molecule has 8 nitrogen and oxygen atoms in total. The van der Waals surface area contributed by atoms with Crippen molar-refractivity contribution in [3.05, 3.63) is 53.6 Å². The van der Waals surface area contributed by atoms with Gasteiger partial charge in [0, 0.05) is 11.1 Å². The molecule has 0 fully saturated rings. The number of hydrogen-bond acceptors (Lipinski definition) is 6. The Hall–Kier alpha value is -3.55. The van der Waals surface area contributed by atoms with Crippen LogP contribution < -0.4 is 25.0 Å². The maximum absolute atomic E-state index is 12.2. The Kier molecular flexibility index (Phi) is 7.38. The number of nitrogens with one attached hydrogen (secondary N) is 2. The van der Waals surface area contributed by atoms with Crippen LogP contribution in [0.25, 0.3) is 0 Å². The molecule has 0 aliphatic rings. The Bertz CT molecular complexity index is 849. The van der Waals surface area contributed by atoms with Crippen LogP contribution in [-0.2, 0) is 4.79 Å². The molecule has 0 aliphatic carbocycles. The lowest BCUT2D eigenvalue weighted by atomic mass is 10.2. The molecule has 0 heterocycles. The summed E-state index contributed by atoms with van der Waals surface area (Å²) in [5, 5.41) is 6.53. The number of ether oxygens (including phenoxy) is 3. The van der Waals surface area contributed by atoms with E-state index in [0.29, 0.717) is 28.4 Å². The highest BCUT2D eigenvalue weighted by Crippen LogP contribution is 2.22. The number of benzene rings is 2. The predicted molar refractivity (Wildman–Crippen MR) is 105 cm³/mol. The summed E-state index contributed by atoms with van der Waals surface area (Å²) in [6.07, 6.45) is 1.44. The molecule has 2 aromatic carbocycles. The van der Waals surface area contributed by atoms with E-state index < -0.39 is 11.9 Å². The Morgan fingerprint density at radius 2 is 1.61 bits per heavy atom. The lowest BCUT2D eigenvalue weighted by Crippen LogP contribution is -2.43. The third-order valence-corrected chi connectivity index (χ3v) is 3.91. The van der Waals surface area contributed by atoms with Crippen molar-refractivity contribution in [2.24, 2.45) is 5.10 Å². The maximum Gasteiger partial charge on any atom is 0.262 e. The van der Waals surface area contributed by atoms with Gasteiger partial charge in [0.2, 0.25) is 0 Å². The second kappa shape index (κ2) is 9.96. The molecule has 0 saturated carbocycles. The monoisotopic (exact) mass is 385 g/mol. The summed E-state index contributed by atoms with van der Waals surface area (Å²) in [6, 6.07) is 11.0. The van der Waals surface area contributed by atoms with Crippen molar-refractivity contribution >= 4 is 18.0 Å². The van der Waals surface area contributed by atoms with Crippen molar-refractivity contribution in [2.45, 2.75) is 13.0 Å². The normalized spacial score (nSPS) is 11.6. The molecule has 148 valence electrons. The van der Waals surface area contributed by atoms with Crippen LogP contribution >= 0.6 is 0 Å². The fourth-order valence-electron chi connectivity index (χ4n) is 2.29. The van der Waals surface area contributed by atoms with Gasteiger partial charge in [-0.15, -0.1) is 0 Å². The van der Waals surface area contributed by atoms with Gasteiger partial charge in [-0.05, 0) is 49.4 Å². The highest BCUT2D eigenvalue weighted by atomic mass is 16.5. The van der Waals surface area contributed by atoms with Gasteiger partial charge in [-0.25, -0.2) is 5.43 Å². The topological polar surface area (TPSA) is 98.2 Å².